The molecule has 0 spiro atoms. The highest BCUT2D eigenvalue weighted by Gasteiger charge is 2.18. The monoisotopic (exact) mass is 288 g/mol. The molecule has 102 valence electrons. The number of halogens is 1. The highest BCUT2D eigenvalue weighted by molar-refractivity contribution is 7.09. The van der Waals surface area contributed by atoms with Gasteiger partial charge in [0, 0.05) is 29.8 Å². The van der Waals surface area contributed by atoms with Gasteiger partial charge in [0.15, 0.2) is 0 Å². The summed E-state index contributed by atoms with van der Waals surface area (Å²) in [6.07, 6.45) is 3.88. The van der Waals surface area contributed by atoms with E-state index in [-0.39, 0.29) is 24.4 Å². The molecule has 1 saturated heterocycles. The molecule has 2 atom stereocenters. The summed E-state index contributed by atoms with van der Waals surface area (Å²) in [4.78, 5) is 13.1. The normalized spacial score (nSPS) is 20.2. The molecule has 1 amide bonds. The van der Waals surface area contributed by atoms with Gasteiger partial charge in [0.05, 0.1) is 0 Å². The Bertz CT molecular complexity index is 350. The Balaban J connectivity index is 0.00000162. The van der Waals surface area contributed by atoms with Gasteiger partial charge in [-0.25, -0.2) is 0 Å². The maximum atomic E-state index is 11.8. The number of carbonyl (C=O) groups excluding carboxylic acids is 1. The maximum absolute atomic E-state index is 11.8. The standard InChI is InChI=1S/C13H20N2OS.ClH/c1-10(8-12-5-3-7-17-12)15-13(16)9-11-4-2-6-14-11;/h3,5,7,10-11,14H,2,4,6,8-9H2,1H3,(H,15,16);1H. The van der Waals surface area contributed by atoms with Gasteiger partial charge < -0.3 is 10.6 Å². The topological polar surface area (TPSA) is 41.1 Å². The van der Waals surface area contributed by atoms with Crippen molar-refractivity contribution >= 4 is 29.7 Å². The molecule has 2 rings (SSSR count). The Hall–Kier alpha value is -0.580. The molecule has 2 heterocycles. The van der Waals surface area contributed by atoms with E-state index in [4.69, 9.17) is 0 Å². The van der Waals surface area contributed by atoms with Gasteiger partial charge in [-0.1, -0.05) is 6.07 Å². The summed E-state index contributed by atoms with van der Waals surface area (Å²) in [7, 11) is 0. The van der Waals surface area contributed by atoms with Crippen LogP contribution in [0.1, 0.15) is 31.1 Å². The van der Waals surface area contributed by atoms with Gasteiger partial charge >= 0.3 is 0 Å². The predicted octanol–water partition coefficient (Wildman–Crippen LogP) is 2.36. The van der Waals surface area contributed by atoms with Crippen LogP contribution in [0, 0.1) is 0 Å². The smallest absolute Gasteiger partial charge is 0.221 e. The van der Waals surface area contributed by atoms with E-state index in [0.29, 0.717) is 12.5 Å². The number of nitrogens with one attached hydrogen (secondary N) is 2. The molecule has 0 radical (unpaired) electrons. The lowest BCUT2D eigenvalue weighted by Crippen LogP contribution is -2.37. The van der Waals surface area contributed by atoms with Crippen LogP contribution in [0.25, 0.3) is 0 Å². The van der Waals surface area contributed by atoms with Crippen molar-refractivity contribution in [2.45, 2.75) is 44.7 Å². The maximum Gasteiger partial charge on any atom is 0.221 e. The van der Waals surface area contributed by atoms with E-state index in [2.05, 4.69) is 35.1 Å². The van der Waals surface area contributed by atoms with Gasteiger partial charge in [0.2, 0.25) is 5.91 Å². The molecule has 0 aromatic carbocycles. The first-order valence-corrected chi connectivity index (χ1v) is 7.17. The third-order valence-corrected chi connectivity index (χ3v) is 3.99. The van der Waals surface area contributed by atoms with Crippen LogP contribution in [0.2, 0.25) is 0 Å². The van der Waals surface area contributed by atoms with Crippen molar-refractivity contribution in [2.24, 2.45) is 0 Å². The van der Waals surface area contributed by atoms with Crippen molar-refractivity contribution < 1.29 is 4.79 Å². The van der Waals surface area contributed by atoms with Crippen LogP contribution in [0.15, 0.2) is 17.5 Å². The fraction of sp³-hybridized carbons (Fsp3) is 0.615. The summed E-state index contributed by atoms with van der Waals surface area (Å²) in [5, 5.41) is 8.50. The zero-order valence-electron chi connectivity index (χ0n) is 10.6. The Morgan fingerprint density at radius 1 is 1.67 bits per heavy atom. The van der Waals surface area contributed by atoms with E-state index in [1.54, 1.807) is 11.3 Å². The fourth-order valence-corrected chi connectivity index (χ4v) is 3.11. The molecule has 1 aliphatic rings. The molecule has 0 bridgehead atoms. The minimum atomic E-state index is 0. The number of hydrogen-bond donors (Lipinski definition) is 2. The molecule has 18 heavy (non-hydrogen) atoms. The average Bonchev–Trinajstić information content (AvgIpc) is 2.90. The molecular formula is C13H21ClN2OS. The fourth-order valence-electron chi connectivity index (χ4n) is 2.27. The largest absolute Gasteiger partial charge is 0.353 e. The molecule has 3 nitrogen and oxygen atoms in total. The first kappa shape index (κ1) is 15.5. The average molecular weight is 289 g/mol. The van der Waals surface area contributed by atoms with Crippen LogP contribution in [-0.2, 0) is 11.2 Å². The van der Waals surface area contributed by atoms with Crippen LogP contribution in [0.3, 0.4) is 0 Å². The zero-order valence-corrected chi connectivity index (χ0v) is 12.3. The number of carbonyl (C=O) groups is 1. The van der Waals surface area contributed by atoms with E-state index in [1.807, 2.05) is 0 Å². The molecular weight excluding hydrogens is 268 g/mol. The Morgan fingerprint density at radius 3 is 3.11 bits per heavy atom. The summed E-state index contributed by atoms with van der Waals surface area (Å²) >= 11 is 1.75. The number of amides is 1. The summed E-state index contributed by atoms with van der Waals surface area (Å²) in [6.45, 7) is 3.13. The van der Waals surface area contributed by atoms with Gasteiger partial charge in [-0.05, 0) is 37.8 Å². The quantitative estimate of drug-likeness (QED) is 0.873. The zero-order chi connectivity index (χ0) is 12.1. The van der Waals surface area contributed by atoms with Crippen molar-refractivity contribution in [3.63, 3.8) is 0 Å². The molecule has 2 N–H and O–H groups in total. The van der Waals surface area contributed by atoms with Gasteiger partial charge in [0.25, 0.3) is 0 Å². The molecule has 5 heteroatoms. The third-order valence-electron chi connectivity index (χ3n) is 3.09. The van der Waals surface area contributed by atoms with E-state index in [0.717, 1.165) is 19.4 Å². The molecule has 1 fully saturated rings. The lowest BCUT2D eigenvalue weighted by atomic mass is 10.1. The van der Waals surface area contributed by atoms with Crippen LogP contribution in [0.5, 0.6) is 0 Å². The van der Waals surface area contributed by atoms with Gasteiger partial charge in [-0.15, -0.1) is 23.7 Å². The highest BCUT2D eigenvalue weighted by Crippen LogP contribution is 2.12. The molecule has 1 aromatic heterocycles. The van der Waals surface area contributed by atoms with Gasteiger partial charge in [-0.3, -0.25) is 4.79 Å². The number of rotatable bonds is 5. The van der Waals surface area contributed by atoms with E-state index < -0.39 is 0 Å². The highest BCUT2D eigenvalue weighted by atomic mass is 35.5. The Morgan fingerprint density at radius 2 is 2.50 bits per heavy atom. The first-order valence-electron chi connectivity index (χ1n) is 6.29. The van der Waals surface area contributed by atoms with Crippen molar-refractivity contribution in [1.82, 2.24) is 10.6 Å². The van der Waals surface area contributed by atoms with E-state index >= 15 is 0 Å². The summed E-state index contributed by atoms with van der Waals surface area (Å²) in [5.41, 5.74) is 0. The van der Waals surface area contributed by atoms with Crippen LogP contribution in [0.4, 0.5) is 0 Å². The van der Waals surface area contributed by atoms with Crippen molar-refractivity contribution in [1.29, 1.82) is 0 Å². The van der Waals surface area contributed by atoms with Gasteiger partial charge in [-0.2, -0.15) is 0 Å². The number of hydrogen-bond acceptors (Lipinski definition) is 3. The van der Waals surface area contributed by atoms with Crippen molar-refractivity contribution in [3.8, 4) is 0 Å². The molecule has 0 saturated carbocycles. The lowest BCUT2D eigenvalue weighted by Gasteiger charge is -2.15. The minimum absolute atomic E-state index is 0. The number of thiophene rings is 1. The molecule has 0 aliphatic carbocycles. The van der Waals surface area contributed by atoms with Gasteiger partial charge in [0.1, 0.15) is 0 Å². The van der Waals surface area contributed by atoms with Crippen LogP contribution in [-0.4, -0.2) is 24.5 Å². The van der Waals surface area contributed by atoms with Crippen molar-refractivity contribution in [2.75, 3.05) is 6.54 Å². The minimum Gasteiger partial charge on any atom is -0.353 e. The van der Waals surface area contributed by atoms with Crippen LogP contribution >= 0.6 is 23.7 Å². The SMILES string of the molecule is CC(Cc1cccs1)NC(=O)CC1CCCN1.Cl. The van der Waals surface area contributed by atoms with Crippen molar-refractivity contribution in [3.05, 3.63) is 22.4 Å². The summed E-state index contributed by atoms with van der Waals surface area (Å²) < 4.78 is 0. The van der Waals surface area contributed by atoms with E-state index in [9.17, 15) is 4.79 Å². The predicted molar refractivity (Wildman–Crippen MR) is 78.5 cm³/mol. The first-order chi connectivity index (χ1) is 8.24. The second kappa shape index (κ2) is 7.77. The third kappa shape index (κ3) is 4.96. The molecule has 1 aromatic rings. The Labute approximate surface area is 119 Å². The molecule has 2 unspecified atom stereocenters. The Kier molecular flexibility index (Phi) is 6.68. The second-order valence-corrected chi connectivity index (χ2v) is 5.78. The van der Waals surface area contributed by atoms with Crippen LogP contribution < -0.4 is 10.6 Å². The second-order valence-electron chi connectivity index (χ2n) is 4.75. The molecule has 1 aliphatic heterocycles. The summed E-state index contributed by atoms with van der Waals surface area (Å²) in [6, 6.07) is 4.79. The van der Waals surface area contributed by atoms with E-state index in [1.165, 1.54) is 11.3 Å². The summed E-state index contributed by atoms with van der Waals surface area (Å²) in [5.74, 6) is 0.174. The lowest BCUT2D eigenvalue weighted by molar-refractivity contribution is -0.122.